The fourth-order valence-corrected chi connectivity index (χ4v) is 5.74. The number of rotatable bonds is 7. The first kappa shape index (κ1) is 21.9. The summed E-state index contributed by atoms with van der Waals surface area (Å²) < 4.78 is 33.5. The predicted octanol–water partition coefficient (Wildman–Crippen LogP) is 3.99. The summed E-state index contributed by atoms with van der Waals surface area (Å²) in [5.41, 5.74) is 0.892. The number of anilines is 1. The van der Waals surface area contributed by atoms with Crippen LogP contribution in [0, 0.1) is 11.6 Å². The maximum absolute atomic E-state index is 13.8. The highest BCUT2D eigenvalue weighted by Crippen LogP contribution is 2.34. The van der Waals surface area contributed by atoms with Crippen molar-refractivity contribution >= 4 is 44.9 Å². The molecule has 0 radical (unpaired) electrons. The van der Waals surface area contributed by atoms with Crippen LogP contribution in [0.2, 0.25) is 0 Å². The van der Waals surface area contributed by atoms with Crippen LogP contribution in [-0.2, 0) is 28.9 Å². The molecular weight excluding hydrogens is 444 g/mol. The summed E-state index contributed by atoms with van der Waals surface area (Å²) in [4.78, 5) is 32.2. The molecule has 0 saturated carbocycles. The normalized spacial score (nSPS) is 13.4. The van der Waals surface area contributed by atoms with Gasteiger partial charge in [-0.05, 0) is 43.4 Å². The number of halogens is 2. The predicted molar refractivity (Wildman–Crippen MR) is 118 cm³/mol. The van der Waals surface area contributed by atoms with E-state index in [1.54, 1.807) is 23.0 Å². The minimum atomic E-state index is -0.848. The van der Waals surface area contributed by atoms with Crippen molar-refractivity contribution in [2.24, 2.45) is 0 Å². The van der Waals surface area contributed by atoms with Crippen molar-refractivity contribution in [1.82, 2.24) is 9.55 Å². The number of hydrogen-bond acceptors (Lipinski definition) is 6. The van der Waals surface area contributed by atoms with Gasteiger partial charge >= 0.3 is 0 Å². The van der Waals surface area contributed by atoms with Crippen molar-refractivity contribution in [1.29, 1.82) is 0 Å². The smallest absolute Gasteiger partial charge is 0.263 e. The number of fused-ring (bicyclic) bond motifs is 3. The van der Waals surface area contributed by atoms with Gasteiger partial charge in [0.1, 0.15) is 16.5 Å². The van der Waals surface area contributed by atoms with Gasteiger partial charge in [0.2, 0.25) is 5.91 Å². The Morgan fingerprint density at radius 2 is 2.13 bits per heavy atom. The van der Waals surface area contributed by atoms with Crippen LogP contribution in [0.25, 0.3) is 10.2 Å². The third-order valence-electron chi connectivity index (χ3n) is 5.10. The molecule has 31 heavy (non-hydrogen) atoms. The Hall–Kier alpha value is -2.30. The Kier molecular flexibility index (Phi) is 6.68. The molecule has 0 unspecified atom stereocenters. The van der Waals surface area contributed by atoms with Crippen molar-refractivity contribution in [3.8, 4) is 0 Å². The van der Waals surface area contributed by atoms with Crippen molar-refractivity contribution in [3.05, 3.63) is 50.6 Å². The van der Waals surface area contributed by atoms with Gasteiger partial charge in [-0.1, -0.05) is 11.8 Å². The highest BCUT2D eigenvalue weighted by Gasteiger charge is 2.22. The molecule has 4 rings (SSSR count). The second kappa shape index (κ2) is 9.46. The Morgan fingerprint density at radius 3 is 2.90 bits per heavy atom. The van der Waals surface area contributed by atoms with Gasteiger partial charge in [-0.25, -0.2) is 13.8 Å². The second-order valence-corrected chi connectivity index (χ2v) is 9.22. The van der Waals surface area contributed by atoms with E-state index < -0.39 is 17.5 Å². The van der Waals surface area contributed by atoms with Crippen molar-refractivity contribution < 1.29 is 18.3 Å². The van der Waals surface area contributed by atoms with Gasteiger partial charge in [-0.15, -0.1) is 11.3 Å². The number of carbonyl (C=O) groups is 1. The number of aryl methyl sites for hydroxylation is 2. The van der Waals surface area contributed by atoms with Crippen LogP contribution >= 0.6 is 23.1 Å². The molecular formula is C21H21F2N3O3S2. The minimum absolute atomic E-state index is 0.0766. The largest absolute Gasteiger partial charge is 0.383 e. The van der Waals surface area contributed by atoms with E-state index in [1.165, 1.54) is 10.9 Å². The van der Waals surface area contributed by atoms with Gasteiger partial charge in [-0.2, -0.15) is 0 Å². The first-order valence-corrected chi connectivity index (χ1v) is 11.7. The zero-order valence-electron chi connectivity index (χ0n) is 16.9. The molecule has 1 aromatic carbocycles. The number of thioether (sulfide) groups is 1. The molecule has 3 aromatic rings. The Morgan fingerprint density at radius 1 is 1.32 bits per heavy atom. The number of nitrogens with zero attached hydrogens (tertiary/aromatic N) is 2. The van der Waals surface area contributed by atoms with Crippen LogP contribution < -0.4 is 10.9 Å². The summed E-state index contributed by atoms with van der Waals surface area (Å²) in [5, 5.41) is 3.52. The fraction of sp³-hybridized carbons (Fsp3) is 0.381. The first-order chi connectivity index (χ1) is 15.0. The van der Waals surface area contributed by atoms with Gasteiger partial charge in [0.15, 0.2) is 5.16 Å². The van der Waals surface area contributed by atoms with E-state index in [0.717, 1.165) is 49.1 Å². The van der Waals surface area contributed by atoms with E-state index >= 15 is 0 Å². The lowest BCUT2D eigenvalue weighted by atomic mass is 9.97. The lowest BCUT2D eigenvalue weighted by molar-refractivity contribution is -0.113. The molecule has 2 aromatic heterocycles. The van der Waals surface area contributed by atoms with Crippen molar-refractivity contribution in [3.63, 3.8) is 0 Å². The van der Waals surface area contributed by atoms with Crippen LogP contribution in [0.3, 0.4) is 0 Å². The zero-order chi connectivity index (χ0) is 22.0. The highest BCUT2D eigenvalue weighted by molar-refractivity contribution is 7.99. The third kappa shape index (κ3) is 4.65. The van der Waals surface area contributed by atoms with Crippen LogP contribution in [0.5, 0.6) is 0 Å². The minimum Gasteiger partial charge on any atom is -0.383 e. The number of thiophene rings is 1. The Labute approximate surface area is 185 Å². The molecule has 2 heterocycles. The maximum Gasteiger partial charge on any atom is 0.263 e. The van der Waals surface area contributed by atoms with Gasteiger partial charge in [-0.3, -0.25) is 14.2 Å². The highest BCUT2D eigenvalue weighted by atomic mass is 32.2. The van der Waals surface area contributed by atoms with Crippen LogP contribution in [0.1, 0.15) is 23.3 Å². The number of benzene rings is 1. The average molecular weight is 466 g/mol. The van der Waals surface area contributed by atoms with E-state index in [0.29, 0.717) is 34.6 Å². The van der Waals surface area contributed by atoms with E-state index in [2.05, 4.69) is 10.3 Å². The molecule has 0 aliphatic heterocycles. The fourth-order valence-electron chi connectivity index (χ4n) is 3.62. The average Bonchev–Trinajstić information content (AvgIpc) is 3.12. The molecule has 0 bridgehead atoms. The Bertz CT molecular complexity index is 1190. The second-order valence-electron chi connectivity index (χ2n) is 7.20. The molecule has 6 nitrogen and oxygen atoms in total. The van der Waals surface area contributed by atoms with Crippen LogP contribution in [0.4, 0.5) is 14.5 Å². The van der Waals surface area contributed by atoms with Crippen molar-refractivity contribution in [2.75, 3.05) is 24.8 Å². The molecule has 1 aliphatic carbocycles. The number of nitrogens with one attached hydrogen (secondary N) is 1. The summed E-state index contributed by atoms with van der Waals surface area (Å²) in [5.74, 6) is -2.12. The molecule has 0 fully saturated rings. The van der Waals surface area contributed by atoms with Crippen molar-refractivity contribution in [2.45, 2.75) is 37.4 Å². The first-order valence-electron chi connectivity index (χ1n) is 9.89. The summed E-state index contributed by atoms with van der Waals surface area (Å²) in [6.07, 6.45) is 4.02. The zero-order valence-corrected chi connectivity index (χ0v) is 18.5. The lowest BCUT2D eigenvalue weighted by Crippen LogP contribution is -2.26. The molecule has 0 spiro atoms. The number of hydrogen-bond donors (Lipinski definition) is 1. The van der Waals surface area contributed by atoms with Gasteiger partial charge in [0.25, 0.3) is 5.56 Å². The number of methoxy groups -OCH3 is 1. The summed E-state index contributed by atoms with van der Waals surface area (Å²) in [7, 11) is 1.56. The number of amides is 1. The monoisotopic (exact) mass is 465 g/mol. The van der Waals surface area contributed by atoms with Gasteiger partial charge < -0.3 is 10.1 Å². The van der Waals surface area contributed by atoms with E-state index in [4.69, 9.17) is 4.74 Å². The van der Waals surface area contributed by atoms with E-state index in [-0.39, 0.29) is 17.0 Å². The summed E-state index contributed by atoms with van der Waals surface area (Å²) >= 11 is 2.65. The number of carbonyl (C=O) groups excluding carboxylic acids is 1. The van der Waals surface area contributed by atoms with E-state index in [1.807, 2.05) is 0 Å². The molecule has 1 aliphatic rings. The van der Waals surface area contributed by atoms with E-state index in [9.17, 15) is 18.4 Å². The standard InChI is InChI=1S/C21H21F2N3O3S2/c1-29-9-8-26-20(28)18-13-4-2-3-5-16(13)31-19(18)25-21(26)30-11-17(27)24-15-7-6-12(22)10-14(15)23/h6-7,10H,2-5,8-9,11H2,1H3,(H,24,27). The van der Waals surface area contributed by atoms with Gasteiger partial charge in [0.05, 0.1) is 30.0 Å². The molecule has 0 saturated heterocycles. The molecule has 1 amide bonds. The quantitative estimate of drug-likeness (QED) is 0.422. The Balaban J connectivity index is 1.59. The lowest BCUT2D eigenvalue weighted by Gasteiger charge is -2.13. The third-order valence-corrected chi connectivity index (χ3v) is 7.26. The molecule has 10 heteroatoms. The van der Waals surface area contributed by atoms with Gasteiger partial charge in [0, 0.05) is 18.1 Å². The molecule has 164 valence electrons. The maximum atomic E-state index is 13.8. The number of ether oxygens (including phenoxy) is 1. The molecule has 1 N–H and O–H groups in total. The summed E-state index contributed by atoms with van der Waals surface area (Å²) in [6, 6.07) is 2.95. The van der Waals surface area contributed by atoms with Crippen LogP contribution in [0.15, 0.2) is 28.2 Å². The SMILES string of the molecule is COCCn1c(SCC(=O)Nc2ccc(F)cc2F)nc2sc3c(c2c1=O)CCCC3. The topological polar surface area (TPSA) is 73.2 Å². The van der Waals surface area contributed by atoms with Crippen LogP contribution in [-0.4, -0.2) is 34.9 Å². The summed E-state index contributed by atoms with van der Waals surface area (Å²) in [6.45, 7) is 0.652. The molecule has 0 atom stereocenters. The number of aromatic nitrogens is 2.